The molecule has 0 spiro atoms. The van der Waals surface area contributed by atoms with Crippen LogP contribution < -0.4 is 5.32 Å². The van der Waals surface area contributed by atoms with Gasteiger partial charge < -0.3 is 10.1 Å². The van der Waals surface area contributed by atoms with Gasteiger partial charge in [0.2, 0.25) is 0 Å². The minimum Gasteiger partial charge on any atom is -0.383 e. The summed E-state index contributed by atoms with van der Waals surface area (Å²) in [7, 11) is 1.74. The van der Waals surface area contributed by atoms with Crippen LogP contribution in [0.5, 0.6) is 0 Å². The van der Waals surface area contributed by atoms with Crippen molar-refractivity contribution < 1.29 is 4.74 Å². The van der Waals surface area contributed by atoms with E-state index in [0.717, 1.165) is 13.0 Å². The fourth-order valence-electron chi connectivity index (χ4n) is 1.68. The van der Waals surface area contributed by atoms with Crippen molar-refractivity contribution in [1.82, 2.24) is 0 Å². The molecule has 1 aromatic carbocycles. The molecule has 0 fully saturated rings. The molecular formula is C10H13NO. The molecule has 2 nitrogen and oxygen atoms in total. The van der Waals surface area contributed by atoms with Crippen LogP contribution in [0.15, 0.2) is 24.3 Å². The highest BCUT2D eigenvalue weighted by molar-refractivity contribution is 5.56. The number of nitrogens with one attached hydrogen (secondary N) is 1. The molecule has 2 heteroatoms. The van der Waals surface area contributed by atoms with Crippen molar-refractivity contribution in [2.24, 2.45) is 0 Å². The molecule has 1 atom stereocenters. The van der Waals surface area contributed by atoms with Gasteiger partial charge in [-0.3, -0.25) is 0 Å². The molecule has 0 aromatic heterocycles. The van der Waals surface area contributed by atoms with Gasteiger partial charge in [0.1, 0.15) is 0 Å². The number of anilines is 1. The van der Waals surface area contributed by atoms with Crippen LogP contribution in [0.2, 0.25) is 0 Å². The fraction of sp³-hybridized carbons (Fsp3) is 0.400. The average molecular weight is 163 g/mol. The highest BCUT2D eigenvalue weighted by Gasteiger charge is 2.18. The van der Waals surface area contributed by atoms with Gasteiger partial charge in [0.15, 0.2) is 0 Å². The van der Waals surface area contributed by atoms with E-state index in [-0.39, 0.29) is 0 Å². The van der Waals surface area contributed by atoms with Gasteiger partial charge in [0.05, 0.1) is 12.6 Å². The third kappa shape index (κ3) is 1.30. The molecule has 0 bridgehead atoms. The molecular weight excluding hydrogens is 150 g/mol. The Morgan fingerprint density at radius 1 is 1.50 bits per heavy atom. The zero-order valence-electron chi connectivity index (χ0n) is 7.21. The minimum absolute atomic E-state index is 0.465. The third-order valence-electron chi connectivity index (χ3n) is 2.21. The first-order valence-corrected chi connectivity index (χ1v) is 4.23. The van der Waals surface area contributed by atoms with Crippen molar-refractivity contribution in [2.45, 2.75) is 12.5 Å². The number of para-hydroxylation sites is 1. The van der Waals surface area contributed by atoms with Crippen LogP contribution in [0, 0.1) is 0 Å². The van der Waals surface area contributed by atoms with Crippen LogP contribution in [0.3, 0.4) is 0 Å². The van der Waals surface area contributed by atoms with Crippen LogP contribution in [0.1, 0.15) is 5.56 Å². The van der Waals surface area contributed by atoms with E-state index in [1.807, 2.05) is 0 Å². The quantitative estimate of drug-likeness (QED) is 0.716. The number of hydrogen-bond acceptors (Lipinski definition) is 2. The van der Waals surface area contributed by atoms with Crippen molar-refractivity contribution >= 4 is 5.69 Å². The number of benzene rings is 1. The molecule has 1 N–H and O–H groups in total. The van der Waals surface area contributed by atoms with Crippen molar-refractivity contribution in [3.8, 4) is 0 Å². The second-order valence-corrected chi connectivity index (χ2v) is 3.16. The Bertz CT molecular complexity index is 247. The van der Waals surface area contributed by atoms with Gasteiger partial charge in [-0.15, -0.1) is 0 Å². The Labute approximate surface area is 72.5 Å². The Kier molecular flexibility index (Phi) is 2.00. The van der Waals surface area contributed by atoms with Crippen molar-refractivity contribution in [1.29, 1.82) is 0 Å². The van der Waals surface area contributed by atoms with E-state index in [2.05, 4.69) is 29.6 Å². The van der Waals surface area contributed by atoms with E-state index in [1.165, 1.54) is 11.3 Å². The SMILES string of the molecule is COCC1Cc2ccccc2N1. The first kappa shape index (κ1) is 7.62. The van der Waals surface area contributed by atoms with E-state index in [1.54, 1.807) is 7.11 Å². The molecule has 0 saturated heterocycles. The molecule has 1 aromatic rings. The summed E-state index contributed by atoms with van der Waals surface area (Å²) in [5.74, 6) is 0. The summed E-state index contributed by atoms with van der Waals surface area (Å²) >= 11 is 0. The van der Waals surface area contributed by atoms with Crippen molar-refractivity contribution in [2.75, 3.05) is 19.0 Å². The smallest absolute Gasteiger partial charge is 0.0667 e. The topological polar surface area (TPSA) is 21.3 Å². The zero-order valence-corrected chi connectivity index (χ0v) is 7.21. The van der Waals surface area contributed by atoms with E-state index in [4.69, 9.17) is 4.74 Å². The predicted octanol–water partition coefficient (Wildman–Crippen LogP) is 1.67. The number of ether oxygens (including phenoxy) is 1. The highest BCUT2D eigenvalue weighted by atomic mass is 16.5. The van der Waals surface area contributed by atoms with Gasteiger partial charge in [0.25, 0.3) is 0 Å². The lowest BCUT2D eigenvalue weighted by Crippen LogP contribution is -2.21. The first-order chi connectivity index (χ1) is 5.90. The Balaban J connectivity index is 2.11. The van der Waals surface area contributed by atoms with Crippen LogP contribution in [-0.2, 0) is 11.2 Å². The van der Waals surface area contributed by atoms with Gasteiger partial charge in [-0.2, -0.15) is 0 Å². The summed E-state index contributed by atoms with van der Waals surface area (Å²) in [6, 6.07) is 8.88. The molecule has 64 valence electrons. The first-order valence-electron chi connectivity index (χ1n) is 4.23. The molecule has 1 heterocycles. The maximum atomic E-state index is 5.09. The minimum atomic E-state index is 0.465. The fourth-order valence-corrected chi connectivity index (χ4v) is 1.68. The molecule has 1 aliphatic heterocycles. The normalized spacial score (nSPS) is 20.2. The summed E-state index contributed by atoms with van der Waals surface area (Å²) in [6.45, 7) is 0.786. The van der Waals surface area contributed by atoms with Crippen molar-refractivity contribution in [3.05, 3.63) is 29.8 Å². The summed E-state index contributed by atoms with van der Waals surface area (Å²) in [5, 5.41) is 3.41. The van der Waals surface area contributed by atoms with E-state index in [0.29, 0.717) is 6.04 Å². The summed E-state index contributed by atoms with van der Waals surface area (Å²) in [4.78, 5) is 0. The standard InChI is InChI=1S/C10H13NO/c1-12-7-9-6-8-4-2-3-5-10(8)11-9/h2-5,9,11H,6-7H2,1H3. The number of methoxy groups -OCH3 is 1. The number of rotatable bonds is 2. The van der Waals surface area contributed by atoms with Crippen LogP contribution in [0.25, 0.3) is 0 Å². The largest absolute Gasteiger partial charge is 0.383 e. The Hall–Kier alpha value is -1.02. The maximum Gasteiger partial charge on any atom is 0.0667 e. The lowest BCUT2D eigenvalue weighted by Gasteiger charge is -2.08. The van der Waals surface area contributed by atoms with Crippen LogP contribution >= 0.6 is 0 Å². The highest BCUT2D eigenvalue weighted by Crippen LogP contribution is 2.24. The van der Waals surface area contributed by atoms with Crippen molar-refractivity contribution in [3.63, 3.8) is 0 Å². The lowest BCUT2D eigenvalue weighted by atomic mass is 10.1. The molecule has 1 aliphatic rings. The molecule has 1 unspecified atom stereocenters. The number of fused-ring (bicyclic) bond motifs is 1. The molecule has 0 radical (unpaired) electrons. The average Bonchev–Trinajstić information content (AvgIpc) is 2.47. The van der Waals surface area contributed by atoms with E-state index < -0.39 is 0 Å². The van der Waals surface area contributed by atoms with Crippen LogP contribution in [0.4, 0.5) is 5.69 Å². The second-order valence-electron chi connectivity index (χ2n) is 3.16. The molecule has 0 aliphatic carbocycles. The summed E-state index contributed by atoms with van der Waals surface area (Å²) in [6.07, 6.45) is 1.09. The summed E-state index contributed by atoms with van der Waals surface area (Å²) < 4.78 is 5.09. The van der Waals surface area contributed by atoms with Gasteiger partial charge in [-0.1, -0.05) is 18.2 Å². The molecule has 12 heavy (non-hydrogen) atoms. The van der Waals surface area contributed by atoms with Gasteiger partial charge in [-0.25, -0.2) is 0 Å². The molecule has 0 amide bonds. The predicted molar refractivity (Wildman–Crippen MR) is 49.4 cm³/mol. The Morgan fingerprint density at radius 2 is 2.33 bits per heavy atom. The zero-order chi connectivity index (χ0) is 8.39. The van der Waals surface area contributed by atoms with Crippen LogP contribution in [-0.4, -0.2) is 19.8 Å². The summed E-state index contributed by atoms with van der Waals surface area (Å²) in [5.41, 5.74) is 2.67. The van der Waals surface area contributed by atoms with E-state index in [9.17, 15) is 0 Å². The third-order valence-corrected chi connectivity index (χ3v) is 2.21. The Morgan fingerprint density at radius 3 is 3.08 bits per heavy atom. The monoisotopic (exact) mass is 163 g/mol. The maximum absolute atomic E-state index is 5.09. The van der Waals surface area contributed by atoms with Gasteiger partial charge in [0, 0.05) is 12.8 Å². The van der Waals surface area contributed by atoms with E-state index >= 15 is 0 Å². The van der Waals surface area contributed by atoms with Gasteiger partial charge in [-0.05, 0) is 18.1 Å². The molecule has 2 rings (SSSR count). The van der Waals surface area contributed by atoms with Gasteiger partial charge >= 0.3 is 0 Å². The molecule has 0 saturated carbocycles. The number of hydrogen-bond donors (Lipinski definition) is 1. The second kappa shape index (κ2) is 3.15. The lowest BCUT2D eigenvalue weighted by molar-refractivity contribution is 0.187.